The lowest BCUT2D eigenvalue weighted by Crippen LogP contribution is -2.27. The van der Waals surface area contributed by atoms with Crippen LogP contribution >= 0.6 is 11.3 Å². The van der Waals surface area contributed by atoms with Gasteiger partial charge < -0.3 is 5.32 Å². The van der Waals surface area contributed by atoms with Gasteiger partial charge in [0.2, 0.25) is 5.91 Å². The second kappa shape index (κ2) is 9.20. The van der Waals surface area contributed by atoms with Crippen LogP contribution in [-0.2, 0) is 17.6 Å². The predicted octanol–water partition coefficient (Wildman–Crippen LogP) is 2.77. The van der Waals surface area contributed by atoms with Crippen LogP contribution in [0.15, 0.2) is 29.9 Å². The number of carbonyl (C=O) groups excluding carboxylic acids is 1. The third kappa shape index (κ3) is 5.93. The number of thiazole rings is 1. The first-order valence-electron chi connectivity index (χ1n) is 6.80. The van der Waals surface area contributed by atoms with Gasteiger partial charge in [0.15, 0.2) is 0 Å². The molecule has 108 valence electrons. The van der Waals surface area contributed by atoms with Crippen molar-refractivity contribution in [2.75, 3.05) is 6.54 Å². The molecule has 1 N–H and O–H groups in total. The molecule has 2 rings (SSSR count). The minimum absolute atomic E-state index is 0.0226. The molecule has 0 aliphatic rings. The van der Waals surface area contributed by atoms with Gasteiger partial charge in [0.1, 0.15) is 0 Å². The van der Waals surface area contributed by atoms with E-state index in [1.54, 1.807) is 23.7 Å². The average molecular weight is 291 g/mol. The van der Waals surface area contributed by atoms with Crippen molar-refractivity contribution in [1.29, 1.82) is 0 Å². The maximum Gasteiger partial charge on any atom is 0.226 e. The molecule has 4 nitrogen and oxygen atoms in total. The van der Waals surface area contributed by atoms with E-state index >= 15 is 0 Å². The lowest BCUT2D eigenvalue weighted by atomic mass is 10.2. The van der Waals surface area contributed by atoms with Gasteiger partial charge in [0.05, 0.1) is 17.1 Å². The third-order valence-electron chi connectivity index (χ3n) is 2.49. The highest BCUT2D eigenvalue weighted by Gasteiger charge is 2.05. The van der Waals surface area contributed by atoms with Crippen LogP contribution in [0.2, 0.25) is 0 Å². The normalized spacial score (nSPS) is 9.55. The summed E-state index contributed by atoms with van der Waals surface area (Å²) in [7, 11) is 0. The fraction of sp³-hybridized carbons (Fsp3) is 0.400. The Morgan fingerprint density at radius 2 is 2.00 bits per heavy atom. The van der Waals surface area contributed by atoms with E-state index in [4.69, 9.17) is 0 Å². The van der Waals surface area contributed by atoms with Crippen molar-refractivity contribution >= 4 is 17.2 Å². The Morgan fingerprint density at radius 3 is 2.60 bits per heavy atom. The third-order valence-corrected chi connectivity index (χ3v) is 3.32. The van der Waals surface area contributed by atoms with Crippen molar-refractivity contribution in [3.8, 4) is 0 Å². The fourth-order valence-electron chi connectivity index (χ4n) is 1.61. The van der Waals surface area contributed by atoms with E-state index in [2.05, 4.69) is 15.3 Å². The standard InChI is InChI=1S/C13H15N3OS.C2H6/c1-10-16-12(9-18-10)8-13(17)15-7-4-11-2-5-14-6-3-11;1-2/h2-3,5-6,9H,4,7-8H2,1H3,(H,15,17);1-2H3. The average Bonchev–Trinajstić information content (AvgIpc) is 2.87. The fourth-order valence-corrected chi connectivity index (χ4v) is 2.22. The van der Waals surface area contributed by atoms with E-state index in [0.717, 1.165) is 17.1 Å². The minimum Gasteiger partial charge on any atom is -0.355 e. The summed E-state index contributed by atoms with van der Waals surface area (Å²) in [5.74, 6) is 0.0226. The van der Waals surface area contributed by atoms with Gasteiger partial charge in [-0.25, -0.2) is 4.98 Å². The van der Waals surface area contributed by atoms with Crippen LogP contribution in [0.3, 0.4) is 0 Å². The SMILES string of the molecule is CC.Cc1nc(CC(=O)NCCc2ccncc2)cs1. The molecule has 2 aromatic heterocycles. The van der Waals surface area contributed by atoms with E-state index in [1.807, 2.05) is 38.3 Å². The summed E-state index contributed by atoms with van der Waals surface area (Å²) in [5.41, 5.74) is 2.02. The first-order valence-corrected chi connectivity index (χ1v) is 7.68. The quantitative estimate of drug-likeness (QED) is 0.921. The molecular weight excluding hydrogens is 270 g/mol. The Kier molecular flexibility index (Phi) is 7.50. The van der Waals surface area contributed by atoms with Gasteiger partial charge in [0, 0.05) is 24.3 Å². The topological polar surface area (TPSA) is 54.9 Å². The zero-order valence-corrected chi connectivity index (χ0v) is 13.0. The van der Waals surface area contributed by atoms with Gasteiger partial charge in [-0.2, -0.15) is 0 Å². The highest BCUT2D eigenvalue weighted by molar-refractivity contribution is 7.09. The molecule has 0 bridgehead atoms. The van der Waals surface area contributed by atoms with Crippen molar-refractivity contribution in [2.45, 2.75) is 33.6 Å². The van der Waals surface area contributed by atoms with Crippen LogP contribution < -0.4 is 5.32 Å². The molecule has 0 fully saturated rings. The Hall–Kier alpha value is -1.75. The first-order chi connectivity index (χ1) is 9.74. The van der Waals surface area contributed by atoms with Crippen molar-refractivity contribution in [2.24, 2.45) is 0 Å². The van der Waals surface area contributed by atoms with Crippen LogP contribution in [0.5, 0.6) is 0 Å². The second-order valence-corrected chi connectivity index (χ2v) is 5.05. The number of pyridine rings is 1. The molecule has 0 atom stereocenters. The Balaban J connectivity index is 0.000000956. The molecule has 0 unspecified atom stereocenters. The molecule has 0 saturated carbocycles. The maximum absolute atomic E-state index is 11.7. The van der Waals surface area contributed by atoms with E-state index in [1.165, 1.54) is 5.56 Å². The molecule has 20 heavy (non-hydrogen) atoms. The molecule has 5 heteroatoms. The summed E-state index contributed by atoms with van der Waals surface area (Å²) >= 11 is 1.57. The van der Waals surface area contributed by atoms with Crippen molar-refractivity contribution < 1.29 is 4.79 Å². The molecule has 0 spiro atoms. The van der Waals surface area contributed by atoms with Crippen LogP contribution in [0.1, 0.15) is 30.1 Å². The Bertz CT molecular complexity index is 511. The number of aryl methyl sites for hydroxylation is 1. The van der Waals surface area contributed by atoms with Gasteiger partial charge in [0.25, 0.3) is 0 Å². The molecule has 1 amide bonds. The van der Waals surface area contributed by atoms with Crippen molar-refractivity contribution in [3.05, 3.63) is 46.2 Å². The Morgan fingerprint density at radius 1 is 1.30 bits per heavy atom. The largest absolute Gasteiger partial charge is 0.355 e. The minimum atomic E-state index is 0.0226. The van der Waals surface area contributed by atoms with Gasteiger partial charge in [-0.15, -0.1) is 11.3 Å². The summed E-state index contributed by atoms with van der Waals surface area (Å²) in [5, 5.41) is 5.82. The van der Waals surface area contributed by atoms with Gasteiger partial charge >= 0.3 is 0 Å². The maximum atomic E-state index is 11.7. The van der Waals surface area contributed by atoms with Crippen LogP contribution in [-0.4, -0.2) is 22.4 Å². The van der Waals surface area contributed by atoms with Crippen LogP contribution in [0.25, 0.3) is 0 Å². The van der Waals surface area contributed by atoms with Gasteiger partial charge in [-0.3, -0.25) is 9.78 Å². The van der Waals surface area contributed by atoms with Gasteiger partial charge in [-0.1, -0.05) is 13.8 Å². The lowest BCUT2D eigenvalue weighted by Gasteiger charge is -2.03. The zero-order valence-electron chi connectivity index (χ0n) is 12.2. The van der Waals surface area contributed by atoms with E-state index in [-0.39, 0.29) is 5.91 Å². The number of rotatable bonds is 5. The molecule has 0 aromatic carbocycles. The van der Waals surface area contributed by atoms with Crippen LogP contribution in [0.4, 0.5) is 0 Å². The summed E-state index contributed by atoms with van der Waals surface area (Å²) in [4.78, 5) is 19.9. The predicted molar refractivity (Wildman–Crippen MR) is 82.9 cm³/mol. The van der Waals surface area contributed by atoms with Crippen molar-refractivity contribution in [3.63, 3.8) is 0 Å². The molecule has 0 aliphatic carbocycles. The molecular formula is C15H21N3OS. The van der Waals surface area contributed by atoms with E-state index in [9.17, 15) is 4.79 Å². The highest BCUT2D eigenvalue weighted by Crippen LogP contribution is 2.08. The number of aromatic nitrogens is 2. The number of nitrogens with one attached hydrogen (secondary N) is 1. The van der Waals surface area contributed by atoms with Gasteiger partial charge in [-0.05, 0) is 31.0 Å². The summed E-state index contributed by atoms with van der Waals surface area (Å²) < 4.78 is 0. The van der Waals surface area contributed by atoms with E-state index in [0.29, 0.717) is 13.0 Å². The first kappa shape index (κ1) is 16.3. The molecule has 2 aromatic rings. The van der Waals surface area contributed by atoms with Crippen molar-refractivity contribution in [1.82, 2.24) is 15.3 Å². The number of nitrogens with zero attached hydrogens (tertiary/aromatic N) is 2. The molecule has 0 radical (unpaired) electrons. The Labute approximate surface area is 124 Å². The second-order valence-electron chi connectivity index (χ2n) is 3.99. The summed E-state index contributed by atoms with van der Waals surface area (Å²) in [6, 6.07) is 3.91. The molecule has 2 heterocycles. The number of carbonyl (C=O) groups is 1. The monoisotopic (exact) mass is 291 g/mol. The van der Waals surface area contributed by atoms with Crippen LogP contribution in [0, 0.1) is 6.92 Å². The summed E-state index contributed by atoms with van der Waals surface area (Å²) in [6.45, 7) is 6.58. The smallest absolute Gasteiger partial charge is 0.226 e. The lowest BCUT2D eigenvalue weighted by molar-refractivity contribution is -0.120. The number of amides is 1. The molecule has 0 aliphatic heterocycles. The zero-order chi connectivity index (χ0) is 14.8. The van der Waals surface area contributed by atoms with E-state index < -0.39 is 0 Å². The summed E-state index contributed by atoms with van der Waals surface area (Å²) in [6.07, 6.45) is 4.70. The highest BCUT2D eigenvalue weighted by atomic mass is 32.1. The molecule has 0 saturated heterocycles. The number of hydrogen-bond donors (Lipinski definition) is 1. The number of hydrogen-bond acceptors (Lipinski definition) is 4.